The predicted molar refractivity (Wildman–Crippen MR) is 76.6 cm³/mol. The van der Waals surface area contributed by atoms with Crippen LogP contribution in [0.15, 0.2) is 11.6 Å². The Kier molecular flexibility index (Phi) is 5.49. The van der Waals surface area contributed by atoms with Crippen LogP contribution in [0.25, 0.3) is 0 Å². The quantitative estimate of drug-likeness (QED) is 0.834. The minimum Gasteiger partial charge on any atom is -0.465 e. The van der Waals surface area contributed by atoms with Crippen LogP contribution in [0.4, 0.5) is 5.13 Å². The van der Waals surface area contributed by atoms with Crippen LogP contribution >= 0.6 is 11.3 Å². The zero-order chi connectivity index (χ0) is 14.4. The van der Waals surface area contributed by atoms with Crippen LogP contribution in [-0.2, 0) is 14.3 Å². The van der Waals surface area contributed by atoms with Crippen molar-refractivity contribution < 1.29 is 14.3 Å². The molecule has 2 rings (SSSR count). The first kappa shape index (κ1) is 14.9. The van der Waals surface area contributed by atoms with Crippen molar-refractivity contribution in [1.82, 2.24) is 9.88 Å². The highest BCUT2D eigenvalue weighted by Crippen LogP contribution is 2.18. The maximum Gasteiger partial charge on any atom is 0.323 e. The minimum atomic E-state index is -0.300. The molecule has 7 heteroatoms. The highest BCUT2D eigenvalue weighted by atomic mass is 32.1. The third-order valence-corrected chi connectivity index (χ3v) is 3.89. The Labute approximate surface area is 122 Å². The van der Waals surface area contributed by atoms with Gasteiger partial charge in [0, 0.05) is 11.6 Å². The van der Waals surface area contributed by atoms with Gasteiger partial charge in [0.2, 0.25) is 5.91 Å². The van der Waals surface area contributed by atoms with Crippen molar-refractivity contribution in [2.24, 2.45) is 0 Å². The maximum absolute atomic E-state index is 12.0. The number of piperidine rings is 1. The summed E-state index contributed by atoms with van der Waals surface area (Å²) in [6, 6.07) is -0.300. The fourth-order valence-corrected chi connectivity index (χ4v) is 2.86. The molecule has 0 radical (unpaired) electrons. The van der Waals surface area contributed by atoms with Crippen LogP contribution in [0.5, 0.6) is 0 Å². The molecule has 6 nitrogen and oxygen atoms in total. The molecule has 0 saturated carbocycles. The summed E-state index contributed by atoms with van der Waals surface area (Å²) in [5, 5.41) is 5.12. The Morgan fingerprint density at radius 1 is 1.55 bits per heavy atom. The highest BCUT2D eigenvalue weighted by molar-refractivity contribution is 7.13. The average molecular weight is 297 g/mol. The van der Waals surface area contributed by atoms with E-state index in [-0.39, 0.29) is 24.5 Å². The van der Waals surface area contributed by atoms with Crippen molar-refractivity contribution in [2.45, 2.75) is 32.2 Å². The molecule has 2 heterocycles. The zero-order valence-corrected chi connectivity index (χ0v) is 12.3. The van der Waals surface area contributed by atoms with Crippen molar-refractivity contribution >= 4 is 28.3 Å². The molecule has 1 aliphatic heterocycles. The largest absolute Gasteiger partial charge is 0.465 e. The van der Waals surface area contributed by atoms with Crippen LogP contribution < -0.4 is 5.32 Å². The van der Waals surface area contributed by atoms with Gasteiger partial charge in [-0.15, -0.1) is 11.3 Å². The van der Waals surface area contributed by atoms with Crippen molar-refractivity contribution in [3.63, 3.8) is 0 Å². The summed E-state index contributed by atoms with van der Waals surface area (Å²) < 4.78 is 5.08. The predicted octanol–water partition coefficient (Wildman–Crippen LogP) is 1.50. The van der Waals surface area contributed by atoms with Crippen molar-refractivity contribution in [3.05, 3.63) is 11.6 Å². The molecular weight excluding hydrogens is 278 g/mol. The summed E-state index contributed by atoms with van der Waals surface area (Å²) in [5.41, 5.74) is 0. The smallest absolute Gasteiger partial charge is 0.323 e. The number of aromatic nitrogens is 1. The minimum absolute atomic E-state index is 0.142. The molecule has 0 spiro atoms. The van der Waals surface area contributed by atoms with Gasteiger partial charge in [-0.3, -0.25) is 14.5 Å². The lowest BCUT2D eigenvalue weighted by Crippen LogP contribution is -2.48. The van der Waals surface area contributed by atoms with E-state index in [1.165, 1.54) is 11.3 Å². The van der Waals surface area contributed by atoms with E-state index in [4.69, 9.17) is 4.74 Å². The number of hydrogen-bond acceptors (Lipinski definition) is 6. The van der Waals surface area contributed by atoms with Gasteiger partial charge in [-0.1, -0.05) is 6.42 Å². The maximum atomic E-state index is 12.0. The molecule has 1 aromatic rings. The van der Waals surface area contributed by atoms with Gasteiger partial charge in [-0.2, -0.15) is 0 Å². The molecule has 1 aromatic heterocycles. The number of carbonyl (C=O) groups is 2. The summed E-state index contributed by atoms with van der Waals surface area (Å²) in [5.74, 6) is -0.370. The highest BCUT2D eigenvalue weighted by Gasteiger charge is 2.31. The molecule has 1 amide bonds. The van der Waals surface area contributed by atoms with Gasteiger partial charge < -0.3 is 10.1 Å². The Hall–Kier alpha value is -1.47. The van der Waals surface area contributed by atoms with E-state index in [0.29, 0.717) is 11.7 Å². The molecule has 1 aliphatic rings. The molecule has 1 unspecified atom stereocenters. The first-order valence-corrected chi connectivity index (χ1v) is 7.68. The van der Waals surface area contributed by atoms with Crippen LogP contribution in [0, 0.1) is 0 Å². The molecule has 0 bridgehead atoms. The van der Waals surface area contributed by atoms with Gasteiger partial charge in [0.15, 0.2) is 5.13 Å². The van der Waals surface area contributed by atoms with Gasteiger partial charge in [0.25, 0.3) is 0 Å². The second-order valence-electron chi connectivity index (χ2n) is 4.62. The molecule has 0 aliphatic carbocycles. The van der Waals surface area contributed by atoms with Crippen molar-refractivity contribution in [3.8, 4) is 0 Å². The van der Waals surface area contributed by atoms with Crippen molar-refractivity contribution in [2.75, 3.05) is 25.0 Å². The number of thiazole rings is 1. The number of nitrogens with zero attached hydrogens (tertiary/aromatic N) is 2. The summed E-state index contributed by atoms with van der Waals surface area (Å²) >= 11 is 1.38. The molecule has 1 fully saturated rings. The van der Waals surface area contributed by atoms with Gasteiger partial charge >= 0.3 is 5.97 Å². The number of esters is 1. The summed E-state index contributed by atoms with van der Waals surface area (Å²) in [7, 11) is 0. The molecule has 110 valence electrons. The molecule has 1 atom stereocenters. The Balaban J connectivity index is 1.91. The van der Waals surface area contributed by atoms with Crippen LogP contribution in [-0.4, -0.2) is 47.5 Å². The molecule has 1 saturated heterocycles. The molecule has 20 heavy (non-hydrogen) atoms. The number of anilines is 1. The lowest BCUT2D eigenvalue weighted by molar-refractivity contribution is -0.151. The Bertz CT molecular complexity index is 450. The van der Waals surface area contributed by atoms with E-state index in [2.05, 4.69) is 10.3 Å². The summed E-state index contributed by atoms with van der Waals surface area (Å²) in [6.45, 7) is 3.10. The van der Waals surface area contributed by atoms with Gasteiger partial charge in [-0.25, -0.2) is 4.98 Å². The zero-order valence-electron chi connectivity index (χ0n) is 11.5. The van der Waals surface area contributed by atoms with E-state index in [1.807, 2.05) is 4.90 Å². The van der Waals surface area contributed by atoms with E-state index < -0.39 is 0 Å². The first-order valence-electron chi connectivity index (χ1n) is 6.80. The average Bonchev–Trinajstić information content (AvgIpc) is 2.92. The van der Waals surface area contributed by atoms with E-state index in [9.17, 15) is 9.59 Å². The van der Waals surface area contributed by atoms with Gasteiger partial charge in [0.05, 0.1) is 13.2 Å². The number of ether oxygens (including phenoxy) is 1. The van der Waals surface area contributed by atoms with Crippen LogP contribution in [0.3, 0.4) is 0 Å². The molecule has 1 N–H and O–H groups in total. The van der Waals surface area contributed by atoms with E-state index in [0.717, 1.165) is 25.8 Å². The summed E-state index contributed by atoms with van der Waals surface area (Å²) in [6.07, 6.45) is 4.39. The number of carbonyl (C=O) groups excluding carboxylic acids is 2. The number of rotatable bonds is 5. The third kappa shape index (κ3) is 4.01. The van der Waals surface area contributed by atoms with Crippen LogP contribution in [0.2, 0.25) is 0 Å². The third-order valence-electron chi connectivity index (χ3n) is 3.20. The number of likely N-dealkylation sites (tertiary alicyclic amines) is 1. The lowest BCUT2D eigenvalue weighted by Gasteiger charge is -2.33. The fourth-order valence-electron chi connectivity index (χ4n) is 2.31. The molecule has 0 aromatic carbocycles. The standard InChI is InChI=1S/C13H19N3O3S/c1-2-19-12(18)10-5-3-4-7-16(10)9-11(17)15-13-14-6-8-20-13/h6,8,10H,2-5,7,9H2,1H3,(H,14,15,17). The van der Waals surface area contributed by atoms with Crippen LogP contribution in [0.1, 0.15) is 26.2 Å². The molecular formula is C13H19N3O3S. The van der Waals surface area contributed by atoms with Crippen molar-refractivity contribution in [1.29, 1.82) is 0 Å². The first-order chi connectivity index (χ1) is 9.70. The SMILES string of the molecule is CCOC(=O)C1CCCCN1CC(=O)Nc1nccs1. The normalized spacial score (nSPS) is 19.6. The van der Waals surface area contributed by atoms with E-state index in [1.54, 1.807) is 18.5 Å². The number of nitrogens with one attached hydrogen (secondary N) is 1. The monoisotopic (exact) mass is 297 g/mol. The Morgan fingerprint density at radius 2 is 2.40 bits per heavy atom. The second-order valence-corrected chi connectivity index (χ2v) is 5.51. The van der Waals surface area contributed by atoms with E-state index >= 15 is 0 Å². The second kappa shape index (κ2) is 7.35. The van der Waals surface area contributed by atoms with Gasteiger partial charge in [0.1, 0.15) is 6.04 Å². The van der Waals surface area contributed by atoms with Gasteiger partial charge in [-0.05, 0) is 26.3 Å². The lowest BCUT2D eigenvalue weighted by atomic mass is 10.0. The number of hydrogen-bond donors (Lipinski definition) is 1. The topological polar surface area (TPSA) is 71.5 Å². The number of amides is 1. The summed E-state index contributed by atoms with van der Waals surface area (Å²) in [4.78, 5) is 29.8. The fraction of sp³-hybridized carbons (Fsp3) is 0.615. The Morgan fingerprint density at radius 3 is 3.10 bits per heavy atom.